The maximum Gasteiger partial charge on any atom is 0.144 e. The van der Waals surface area contributed by atoms with Crippen LogP contribution >= 0.6 is 0 Å². The van der Waals surface area contributed by atoms with E-state index in [0.717, 1.165) is 36.8 Å². The molecule has 0 aliphatic heterocycles. The van der Waals surface area contributed by atoms with Crippen molar-refractivity contribution in [3.05, 3.63) is 37.0 Å². The van der Waals surface area contributed by atoms with Gasteiger partial charge in [-0.2, -0.15) is 0 Å². The lowest BCUT2D eigenvalue weighted by Gasteiger charge is -2.58. The predicted molar refractivity (Wildman–Crippen MR) is 91.4 cm³/mol. The van der Waals surface area contributed by atoms with Crippen molar-refractivity contribution in [2.75, 3.05) is 0 Å². The van der Waals surface area contributed by atoms with E-state index in [1.807, 2.05) is 0 Å². The fraction of sp³-hybridized carbons (Fsp3) is 0.650. The normalized spacial score (nSPS) is 37.3. The average molecular weight is 302 g/mol. The highest BCUT2D eigenvalue weighted by Gasteiger charge is 2.57. The second kappa shape index (κ2) is 5.81. The van der Waals surface area contributed by atoms with E-state index in [0.29, 0.717) is 12.3 Å². The minimum absolute atomic E-state index is 0.101. The van der Waals surface area contributed by atoms with Gasteiger partial charge in [0.1, 0.15) is 5.78 Å². The Hall–Kier alpha value is -1.15. The fourth-order valence-electron chi connectivity index (χ4n) is 5.06. The number of hydrogen-bond donors (Lipinski definition) is 1. The van der Waals surface area contributed by atoms with Crippen molar-refractivity contribution in [1.82, 2.24) is 0 Å². The number of hydrogen-bond acceptors (Lipinski definition) is 2. The van der Waals surface area contributed by atoms with Crippen LogP contribution in [0.2, 0.25) is 0 Å². The molecule has 2 saturated carbocycles. The van der Waals surface area contributed by atoms with Crippen molar-refractivity contribution in [2.45, 2.75) is 59.0 Å². The van der Waals surface area contributed by atoms with Gasteiger partial charge in [0.2, 0.25) is 0 Å². The van der Waals surface area contributed by atoms with Gasteiger partial charge in [0, 0.05) is 12.3 Å². The van der Waals surface area contributed by atoms with E-state index in [2.05, 4.69) is 40.5 Å². The summed E-state index contributed by atoms with van der Waals surface area (Å²) in [6, 6.07) is 0. The number of fused-ring (bicyclic) bond motifs is 1. The number of carbonyl (C=O) groups excluding carboxylic acids is 1. The highest BCUT2D eigenvalue weighted by atomic mass is 16.3. The molecule has 0 radical (unpaired) electrons. The van der Waals surface area contributed by atoms with Gasteiger partial charge in [-0.25, -0.2) is 0 Å². The summed E-state index contributed by atoms with van der Waals surface area (Å²) in [5.41, 5.74) is 1.59. The van der Waals surface area contributed by atoms with Gasteiger partial charge in [-0.3, -0.25) is 4.79 Å². The number of Topliss-reactive ketones (excluding diaryl/α,β-unsaturated/α-hetero) is 1. The van der Waals surface area contributed by atoms with E-state index >= 15 is 0 Å². The van der Waals surface area contributed by atoms with Crippen molar-refractivity contribution in [2.24, 2.45) is 22.7 Å². The molecule has 0 amide bonds. The lowest BCUT2D eigenvalue weighted by atomic mass is 9.46. The lowest BCUT2D eigenvalue weighted by Crippen LogP contribution is -2.56. The molecule has 0 heterocycles. The molecule has 2 heteroatoms. The molecule has 0 aromatic carbocycles. The zero-order valence-electron chi connectivity index (χ0n) is 14.3. The van der Waals surface area contributed by atoms with Gasteiger partial charge in [0.05, 0.1) is 6.10 Å². The van der Waals surface area contributed by atoms with E-state index in [9.17, 15) is 9.90 Å². The third-order valence-corrected chi connectivity index (χ3v) is 6.34. The van der Waals surface area contributed by atoms with E-state index in [1.54, 1.807) is 6.08 Å². The van der Waals surface area contributed by atoms with Crippen LogP contribution in [0, 0.1) is 22.7 Å². The standard InChI is InChI=1S/C20H30O2/c1-7-13(2)12-15(21)18-14(3)8-9-16-19(4,5)17(22)10-11-20(16,18)6/h7,16-18,22H,1-3,8-12H2,4-6H3. The topological polar surface area (TPSA) is 37.3 Å². The quantitative estimate of drug-likeness (QED) is 0.615. The summed E-state index contributed by atoms with van der Waals surface area (Å²) in [5, 5.41) is 10.4. The Morgan fingerprint density at radius 3 is 2.59 bits per heavy atom. The number of ketones is 1. The molecule has 2 rings (SSSR count). The highest BCUT2D eigenvalue weighted by molar-refractivity contribution is 5.87. The molecule has 2 aliphatic rings. The predicted octanol–water partition coefficient (Wildman–Crippen LogP) is 4.46. The Morgan fingerprint density at radius 1 is 1.36 bits per heavy atom. The molecule has 0 saturated heterocycles. The Balaban J connectivity index is 2.36. The Bertz CT molecular complexity index is 514. The van der Waals surface area contributed by atoms with E-state index < -0.39 is 0 Å². The molecular formula is C20H30O2. The zero-order valence-corrected chi connectivity index (χ0v) is 14.3. The van der Waals surface area contributed by atoms with Crippen molar-refractivity contribution in [1.29, 1.82) is 0 Å². The molecule has 4 unspecified atom stereocenters. The largest absolute Gasteiger partial charge is 0.393 e. The summed E-state index contributed by atoms with van der Waals surface area (Å²) in [7, 11) is 0. The molecule has 0 aromatic heterocycles. The molecule has 4 atom stereocenters. The summed E-state index contributed by atoms with van der Waals surface area (Å²) in [6.07, 6.45) is 5.29. The maximum atomic E-state index is 12.9. The zero-order chi connectivity index (χ0) is 16.7. The first-order chi connectivity index (χ1) is 10.1. The first-order valence-corrected chi connectivity index (χ1v) is 8.33. The van der Waals surface area contributed by atoms with Crippen LogP contribution in [0.3, 0.4) is 0 Å². The average Bonchev–Trinajstić information content (AvgIpc) is 2.42. The van der Waals surface area contributed by atoms with Crippen molar-refractivity contribution < 1.29 is 9.90 Å². The maximum absolute atomic E-state index is 12.9. The molecule has 2 nitrogen and oxygen atoms in total. The number of aliphatic hydroxyl groups is 1. The Kier molecular flexibility index (Phi) is 4.54. The van der Waals surface area contributed by atoms with Crippen LogP contribution in [0.25, 0.3) is 0 Å². The number of carbonyl (C=O) groups is 1. The van der Waals surface area contributed by atoms with Gasteiger partial charge in [-0.05, 0) is 48.0 Å². The first kappa shape index (κ1) is 17.2. The van der Waals surface area contributed by atoms with Gasteiger partial charge in [-0.15, -0.1) is 0 Å². The summed E-state index contributed by atoms with van der Waals surface area (Å²) in [4.78, 5) is 12.9. The number of allylic oxidation sites excluding steroid dienone is 3. The summed E-state index contributed by atoms with van der Waals surface area (Å²) in [5.74, 6) is 0.448. The molecule has 0 bridgehead atoms. The third-order valence-electron chi connectivity index (χ3n) is 6.34. The number of aliphatic hydroxyl groups excluding tert-OH is 1. The molecule has 0 spiro atoms. The van der Waals surface area contributed by atoms with Crippen LogP contribution in [0.15, 0.2) is 37.0 Å². The molecule has 22 heavy (non-hydrogen) atoms. The van der Waals surface area contributed by atoms with Gasteiger partial charge in [0.15, 0.2) is 0 Å². The monoisotopic (exact) mass is 302 g/mol. The molecule has 0 aromatic rings. The van der Waals surface area contributed by atoms with Crippen LogP contribution in [-0.4, -0.2) is 17.0 Å². The molecule has 2 aliphatic carbocycles. The van der Waals surface area contributed by atoms with E-state index in [1.165, 1.54) is 0 Å². The summed E-state index contributed by atoms with van der Waals surface area (Å²) >= 11 is 0. The van der Waals surface area contributed by atoms with Crippen LogP contribution in [0.1, 0.15) is 52.9 Å². The molecular weight excluding hydrogens is 272 g/mol. The Morgan fingerprint density at radius 2 is 2.00 bits per heavy atom. The van der Waals surface area contributed by atoms with E-state index in [-0.39, 0.29) is 28.6 Å². The minimum Gasteiger partial charge on any atom is -0.393 e. The van der Waals surface area contributed by atoms with Gasteiger partial charge >= 0.3 is 0 Å². The Labute approximate surface area is 135 Å². The van der Waals surface area contributed by atoms with Crippen LogP contribution in [0.5, 0.6) is 0 Å². The highest BCUT2D eigenvalue weighted by Crippen LogP contribution is 2.61. The molecule has 122 valence electrons. The molecule has 1 N–H and O–H groups in total. The summed E-state index contributed by atoms with van der Waals surface area (Å²) in [6.45, 7) is 18.3. The van der Waals surface area contributed by atoms with Crippen LogP contribution < -0.4 is 0 Å². The van der Waals surface area contributed by atoms with Gasteiger partial charge in [-0.1, -0.05) is 52.2 Å². The smallest absolute Gasteiger partial charge is 0.144 e. The lowest BCUT2D eigenvalue weighted by molar-refractivity contribution is -0.146. The SMILES string of the molecule is C=CC(=C)CC(=O)C1C(=C)CCC2C(C)(C)C(O)CCC12C. The van der Waals surface area contributed by atoms with Gasteiger partial charge < -0.3 is 5.11 Å². The third kappa shape index (κ3) is 2.62. The number of rotatable bonds is 4. The van der Waals surface area contributed by atoms with Crippen molar-refractivity contribution in [3.63, 3.8) is 0 Å². The van der Waals surface area contributed by atoms with Crippen molar-refractivity contribution in [3.8, 4) is 0 Å². The van der Waals surface area contributed by atoms with Crippen LogP contribution in [-0.2, 0) is 4.79 Å². The van der Waals surface area contributed by atoms with Gasteiger partial charge in [0.25, 0.3) is 0 Å². The second-order valence-corrected chi connectivity index (χ2v) is 8.07. The second-order valence-electron chi connectivity index (χ2n) is 8.07. The first-order valence-electron chi connectivity index (χ1n) is 8.33. The van der Waals surface area contributed by atoms with Crippen molar-refractivity contribution >= 4 is 5.78 Å². The summed E-state index contributed by atoms with van der Waals surface area (Å²) < 4.78 is 0. The van der Waals surface area contributed by atoms with Crippen LogP contribution in [0.4, 0.5) is 0 Å². The molecule has 2 fully saturated rings. The van der Waals surface area contributed by atoms with E-state index in [4.69, 9.17) is 0 Å². The fourth-order valence-corrected chi connectivity index (χ4v) is 5.06. The minimum atomic E-state index is -0.282.